The Labute approximate surface area is 161 Å². The lowest BCUT2D eigenvalue weighted by Crippen LogP contribution is -2.36. The fourth-order valence-electron chi connectivity index (χ4n) is 3.21. The summed E-state index contributed by atoms with van der Waals surface area (Å²) in [6, 6.07) is 0. The second-order valence-electron chi connectivity index (χ2n) is 7.11. The molecule has 4 heteroatoms. The van der Waals surface area contributed by atoms with E-state index in [0.717, 1.165) is 12.8 Å². The molecule has 4 nitrogen and oxygen atoms in total. The van der Waals surface area contributed by atoms with Gasteiger partial charge in [0.15, 0.2) is 0 Å². The highest BCUT2D eigenvalue weighted by molar-refractivity contribution is 5.84. The van der Waals surface area contributed by atoms with Crippen molar-refractivity contribution in [3.05, 3.63) is 12.2 Å². The van der Waals surface area contributed by atoms with Crippen molar-refractivity contribution >= 4 is 11.9 Å². The summed E-state index contributed by atoms with van der Waals surface area (Å²) < 4.78 is 0. The summed E-state index contributed by atoms with van der Waals surface area (Å²) in [7, 11) is 0. The molecule has 152 valence electrons. The largest absolute Gasteiger partial charge is 0.481 e. The first kappa shape index (κ1) is 24.7. The van der Waals surface area contributed by atoms with Crippen molar-refractivity contribution in [3.8, 4) is 0 Å². The number of allylic oxidation sites excluding steroid dienone is 1. The van der Waals surface area contributed by atoms with Crippen LogP contribution in [0.4, 0.5) is 0 Å². The van der Waals surface area contributed by atoms with Crippen LogP contribution < -0.4 is 0 Å². The molecule has 0 fully saturated rings. The summed E-state index contributed by atoms with van der Waals surface area (Å²) in [6.07, 6.45) is 17.7. The molecule has 0 aromatic heterocycles. The van der Waals surface area contributed by atoms with E-state index < -0.39 is 11.9 Å². The second-order valence-corrected chi connectivity index (χ2v) is 7.11. The van der Waals surface area contributed by atoms with Gasteiger partial charge in [-0.25, -0.2) is 0 Å². The molecule has 0 saturated heterocycles. The van der Waals surface area contributed by atoms with Crippen molar-refractivity contribution in [3.63, 3.8) is 0 Å². The van der Waals surface area contributed by atoms with Gasteiger partial charge in [-0.2, -0.15) is 0 Å². The van der Waals surface area contributed by atoms with E-state index in [2.05, 4.69) is 6.92 Å². The monoisotopic (exact) mass is 367 g/mol. The zero-order chi connectivity index (χ0) is 19.6. The number of unbranched alkanes of at least 4 members (excludes halogenated alkanes) is 10. The average molecular weight is 368 g/mol. The average Bonchev–Trinajstić information content (AvgIpc) is 2.62. The van der Waals surface area contributed by atoms with E-state index in [0.29, 0.717) is 13.1 Å². The van der Waals surface area contributed by atoms with Crippen molar-refractivity contribution in [2.45, 2.75) is 97.8 Å². The normalized spacial score (nSPS) is 12.4. The Hall–Kier alpha value is -1.32. The summed E-state index contributed by atoms with van der Waals surface area (Å²) in [6.45, 7) is 7.34. The molecule has 0 spiro atoms. The Kier molecular flexibility index (Phi) is 16.2. The Morgan fingerprint density at radius 1 is 0.846 bits per heavy atom. The molecule has 1 atom stereocenters. The zero-order valence-corrected chi connectivity index (χ0v) is 17.3. The number of amides is 1. The van der Waals surface area contributed by atoms with Gasteiger partial charge >= 0.3 is 5.97 Å². The molecular formula is C22H41NO3. The van der Waals surface area contributed by atoms with E-state index in [9.17, 15) is 9.59 Å². The molecule has 0 aliphatic heterocycles. The molecular weight excluding hydrogens is 326 g/mol. The van der Waals surface area contributed by atoms with Gasteiger partial charge in [0.05, 0.1) is 12.3 Å². The van der Waals surface area contributed by atoms with Gasteiger partial charge in [0.2, 0.25) is 5.91 Å². The zero-order valence-electron chi connectivity index (χ0n) is 17.3. The summed E-state index contributed by atoms with van der Waals surface area (Å²) in [5.41, 5.74) is 0. The minimum atomic E-state index is -0.918. The van der Waals surface area contributed by atoms with Crippen molar-refractivity contribution in [1.29, 1.82) is 0 Å². The van der Waals surface area contributed by atoms with Gasteiger partial charge in [0.25, 0.3) is 0 Å². The minimum Gasteiger partial charge on any atom is -0.481 e. The lowest BCUT2D eigenvalue weighted by atomic mass is 10.0. The molecule has 0 aromatic carbocycles. The van der Waals surface area contributed by atoms with E-state index in [-0.39, 0.29) is 12.3 Å². The van der Waals surface area contributed by atoms with Crippen LogP contribution in [0.25, 0.3) is 0 Å². The Morgan fingerprint density at radius 2 is 1.35 bits per heavy atom. The van der Waals surface area contributed by atoms with Gasteiger partial charge < -0.3 is 10.0 Å². The van der Waals surface area contributed by atoms with Crippen LogP contribution in [0, 0.1) is 5.92 Å². The van der Waals surface area contributed by atoms with Crippen LogP contribution in [0.1, 0.15) is 97.8 Å². The predicted molar refractivity (Wildman–Crippen MR) is 109 cm³/mol. The van der Waals surface area contributed by atoms with Crippen LogP contribution >= 0.6 is 0 Å². The molecule has 0 aromatic rings. The first-order chi connectivity index (χ1) is 12.6. The standard InChI is InChI=1S/C22H41NO3/c1-4-7-8-9-10-11-12-13-14-15-16-17-18-20(19-21(24)25)22(26)23(5-2)6-3/h17-18,20H,4-16,19H2,1-3H3,(H,24,25)/b18-17+. The Morgan fingerprint density at radius 3 is 1.81 bits per heavy atom. The summed E-state index contributed by atoms with van der Waals surface area (Å²) >= 11 is 0. The van der Waals surface area contributed by atoms with Crippen molar-refractivity contribution < 1.29 is 14.7 Å². The van der Waals surface area contributed by atoms with Crippen LogP contribution in [0.15, 0.2) is 12.2 Å². The highest BCUT2D eigenvalue weighted by Crippen LogP contribution is 2.14. The van der Waals surface area contributed by atoms with Crippen molar-refractivity contribution in [2.75, 3.05) is 13.1 Å². The molecule has 26 heavy (non-hydrogen) atoms. The highest BCUT2D eigenvalue weighted by atomic mass is 16.4. The lowest BCUT2D eigenvalue weighted by Gasteiger charge is -2.22. The number of carbonyl (C=O) groups excluding carboxylic acids is 1. The number of carbonyl (C=O) groups is 2. The highest BCUT2D eigenvalue weighted by Gasteiger charge is 2.22. The summed E-state index contributed by atoms with van der Waals surface area (Å²) in [5, 5.41) is 9.05. The molecule has 1 N–H and O–H groups in total. The molecule has 0 bridgehead atoms. The summed E-state index contributed by atoms with van der Waals surface area (Å²) in [5.74, 6) is -1.52. The third-order valence-electron chi connectivity index (χ3n) is 4.88. The van der Waals surface area contributed by atoms with Crippen LogP contribution in [0.3, 0.4) is 0 Å². The maximum atomic E-state index is 12.4. The van der Waals surface area contributed by atoms with Gasteiger partial charge in [0.1, 0.15) is 0 Å². The van der Waals surface area contributed by atoms with Crippen LogP contribution in [0.5, 0.6) is 0 Å². The van der Waals surface area contributed by atoms with Crippen molar-refractivity contribution in [2.24, 2.45) is 5.92 Å². The first-order valence-corrected chi connectivity index (χ1v) is 10.7. The van der Waals surface area contributed by atoms with E-state index in [1.54, 1.807) is 4.90 Å². The maximum Gasteiger partial charge on any atom is 0.304 e. The number of carboxylic acid groups (broad SMARTS) is 1. The number of rotatable bonds is 17. The van der Waals surface area contributed by atoms with Crippen LogP contribution in [-0.4, -0.2) is 35.0 Å². The third-order valence-corrected chi connectivity index (χ3v) is 4.88. The minimum absolute atomic E-state index is 0.0725. The quantitative estimate of drug-likeness (QED) is 0.260. The topological polar surface area (TPSA) is 57.6 Å². The molecule has 0 rings (SSSR count). The smallest absolute Gasteiger partial charge is 0.304 e. The molecule has 0 aliphatic rings. The number of hydrogen-bond donors (Lipinski definition) is 1. The number of aliphatic carboxylic acids is 1. The number of carboxylic acids is 1. The SMILES string of the molecule is CCCCCCCCCCCC/C=C/C(CC(=O)O)C(=O)N(CC)CC. The Bertz CT molecular complexity index is 389. The molecule has 1 amide bonds. The fourth-order valence-corrected chi connectivity index (χ4v) is 3.21. The van der Waals surface area contributed by atoms with Gasteiger partial charge in [0, 0.05) is 13.1 Å². The molecule has 1 unspecified atom stereocenters. The van der Waals surface area contributed by atoms with Gasteiger partial charge in [-0.15, -0.1) is 0 Å². The summed E-state index contributed by atoms with van der Waals surface area (Å²) in [4.78, 5) is 25.1. The predicted octanol–water partition coefficient (Wildman–Crippen LogP) is 5.81. The molecule has 0 aliphatic carbocycles. The maximum absolute atomic E-state index is 12.4. The van der Waals surface area contributed by atoms with E-state index in [4.69, 9.17) is 5.11 Å². The third kappa shape index (κ3) is 13.0. The fraction of sp³-hybridized carbons (Fsp3) is 0.818. The number of hydrogen-bond acceptors (Lipinski definition) is 2. The second kappa shape index (κ2) is 17.1. The first-order valence-electron chi connectivity index (χ1n) is 10.7. The van der Waals surface area contributed by atoms with E-state index in [1.165, 1.54) is 57.8 Å². The van der Waals surface area contributed by atoms with E-state index in [1.807, 2.05) is 26.0 Å². The molecule has 0 heterocycles. The van der Waals surface area contributed by atoms with Crippen LogP contribution in [-0.2, 0) is 9.59 Å². The molecule has 0 saturated carbocycles. The Balaban J connectivity index is 3.95. The van der Waals surface area contributed by atoms with Gasteiger partial charge in [-0.05, 0) is 26.7 Å². The molecule has 0 radical (unpaired) electrons. The van der Waals surface area contributed by atoms with Crippen molar-refractivity contribution in [1.82, 2.24) is 4.90 Å². The van der Waals surface area contributed by atoms with Gasteiger partial charge in [-0.3, -0.25) is 9.59 Å². The van der Waals surface area contributed by atoms with E-state index >= 15 is 0 Å². The lowest BCUT2D eigenvalue weighted by molar-refractivity contribution is -0.143. The van der Waals surface area contributed by atoms with Crippen LogP contribution in [0.2, 0.25) is 0 Å². The number of nitrogens with zero attached hydrogens (tertiary/aromatic N) is 1. The van der Waals surface area contributed by atoms with Gasteiger partial charge in [-0.1, -0.05) is 76.9 Å².